The lowest BCUT2D eigenvalue weighted by Crippen LogP contribution is -2.12. The Hall–Kier alpha value is -2.69. The molecule has 1 amide bonds. The van der Waals surface area contributed by atoms with E-state index in [2.05, 4.69) is 28.5 Å². The Morgan fingerprint density at radius 2 is 1.72 bits per heavy atom. The van der Waals surface area contributed by atoms with Crippen LogP contribution in [0.3, 0.4) is 0 Å². The van der Waals surface area contributed by atoms with Crippen LogP contribution < -0.4 is 5.32 Å². The van der Waals surface area contributed by atoms with Crippen LogP contribution in [0, 0.1) is 0 Å². The molecule has 0 unspecified atom stereocenters. The first kappa shape index (κ1) is 15.8. The number of aromatic nitrogens is 1. The molecule has 122 valence electrons. The SMILES string of the molecule is O=C(Nc1nc(-c2cccc3ccccc23)cs1)c1ccccc1Cl. The second-order valence-corrected chi connectivity index (χ2v) is 6.76. The lowest BCUT2D eigenvalue weighted by Gasteiger charge is -2.04. The Bertz CT molecular complexity index is 1070. The van der Waals surface area contributed by atoms with Gasteiger partial charge in [-0.05, 0) is 22.9 Å². The van der Waals surface area contributed by atoms with Gasteiger partial charge in [-0.3, -0.25) is 10.1 Å². The minimum Gasteiger partial charge on any atom is -0.298 e. The van der Waals surface area contributed by atoms with E-state index in [9.17, 15) is 4.79 Å². The molecule has 5 heteroatoms. The maximum absolute atomic E-state index is 12.4. The molecule has 0 bridgehead atoms. The van der Waals surface area contributed by atoms with Crippen molar-refractivity contribution in [3.8, 4) is 11.3 Å². The van der Waals surface area contributed by atoms with Crippen LogP contribution in [0.5, 0.6) is 0 Å². The van der Waals surface area contributed by atoms with Crippen molar-refractivity contribution in [2.75, 3.05) is 5.32 Å². The summed E-state index contributed by atoms with van der Waals surface area (Å²) in [5.41, 5.74) is 2.33. The van der Waals surface area contributed by atoms with E-state index < -0.39 is 0 Å². The molecule has 1 N–H and O–H groups in total. The van der Waals surface area contributed by atoms with Gasteiger partial charge in [0, 0.05) is 10.9 Å². The van der Waals surface area contributed by atoms with Gasteiger partial charge in [0.05, 0.1) is 16.3 Å². The topological polar surface area (TPSA) is 42.0 Å². The Morgan fingerprint density at radius 1 is 0.960 bits per heavy atom. The number of carbonyl (C=O) groups excluding carboxylic acids is 1. The van der Waals surface area contributed by atoms with Gasteiger partial charge in [-0.2, -0.15) is 0 Å². The molecule has 25 heavy (non-hydrogen) atoms. The molecule has 0 aliphatic rings. The highest BCUT2D eigenvalue weighted by Crippen LogP contribution is 2.31. The second kappa shape index (κ2) is 6.67. The maximum Gasteiger partial charge on any atom is 0.258 e. The Balaban J connectivity index is 1.64. The number of fused-ring (bicyclic) bond motifs is 1. The average Bonchev–Trinajstić information content (AvgIpc) is 3.10. The van der Waals surface area contributed by atoms with Crippen molar-refractivity contribution in [3.63, 3.8) is 0 Å². The summed E-state index contributed by atoms with van der Waals surface area (Å²) in [5, 5.41) is 8.04. The standard InChI is InChI=1S/C20H13ClN2OS/c21-17-11-4-3-9-16(17)19(24)23-20-22-18(12-25-20)15-10-5-7-13-6-1-2-8-14(13)15/h1-12H,(H,22,23,24). The number of hydrogen-bond donors (Lipinski definition) is 1. The fourth-order valence-corrected chi connectivity index (χ4v) is 3.64. The summed E-state index contributed by atoms with van der Waals surface area (Å²) >= 11 is 7.47. The summed E-state index contributed by atoms with van der Waals surface area (Å²) in [4.78, 5) is 16.9. The number of amides is 1. The predicted octanol–water partition coefficient (Wildman–Crippen LogP) is 5.87. The first-order valence-corrected chi connectivity index (χ1v) is 8.98. The maximum atomic E-state index is 12.4. The molecule has 3 aromatic carbocycles. The third kappa shape index (κ3) is 3.14. The average molecular weight is 365 g/mol. The number of rotatable bonds is 3. The van der Waals surface area contributed by atoms with Crippen molar-refractivity contribution >= 4 is 44.7 Å². The molecule has 1 aromatic heterocycles. The molecular weight excluding hydrogens is 352 g/mol. The van der Waals surface area contributed by atoms with Gasteiger partial charge < -0.3 is 0 Å². The van der Waals surface area contributed by atoms with Gasteiger partial charge >= 0.3 is 0 Å². The monoisotopic (exact) mass is 364 g/mol. The van der Waals surface area contributed by atoms with Crippen LogP contribution in [0.25, 0.3) is 22.0 Å². The number of thiazole rings is 1. The summed E-state index contributed by atoms with van der Waals surface area (Å²) in [6, 6.07) is 21.3. The van der Waals surface area contributed by atoms with Crippen LogP contribution in [0.1, 0.15) is 10.4 Å². The van der Waals surface area contributed by atoms with Crippen LogP contribution in [-0.2, 0) is 0 Å². The normalized spacial score (nSPS) is 10.8. The third-order valence-electron chi connectivity index (χ3n) is 3.91. The van der Waals surface area contributed by atoms with E-state index in [1.807, 2.05) is 29.6 Å². The van der Waals surface area contributed by atoms with Crippen molar-refractivity contribution in [1.29, 1.82) is 0 Å². The Kier molecular flexibility index (Phi) is 4.22. The first-order chi connectivity index (χ1) is 12.2. The van der Waals surface area contributed by atoms with E-state index in [-0.39, 0.29) is 5.91 Å². The molecule has 0 radical (unpaired) electrons. The molecule has 0 aliphatic heterocycles. The van der Waals surface area contributed by atoms with Crippen molar-refractivity contribution in [3.05, 3.63) is 82.7 Å². The van der Waals surface area contributed by atoms with Crippen LogP contribution in [-0.4, -0.2) is 10.9 Å². The number of halogens is 1. The molecule has 0 saturated carbocycles. The van der Waals surface area contributed by atoms with Crippen LogP contribution in [0.4, 0.5) is 5.13 Å². The van der Waals surface area contributed by atoms with Crippen molar-refractivity contribution in [2.45, 2.75) is 0 Å². The summed E-state index contributed by atoms with van der Waals surface area (Å²) in [6.45, 7) is 0. The molecule has 1 heterocycles. The zero-order valence-corrected chi connectivity index (χ0v) is 14.6. The smallest absolute Gasteiger partial charge is 0.258 e. The zero-order chi connectivity index (χ0) is 17.2. The Morgan fingerprint density at radius 3 is 2.60 bits per heavy atom. The quantitative estimate of drug-likeness (QED) is 0.494. The molecule has 0 spiro atoms. The molecular formula is C20H13ClN2OS. The van der Waals surface area contributed by atoms with E-state index in [0.29, 0.717) is 15.7 Å². The number of nitrogens with one attached hydrogen (secondary N) is 1. The highest BCUT2D eigenvalue weighted by atomic mass is 35.5. The molecule has 0 fully saturated rings. The van der Waals surface area contributed by atoms with Crippen LogP contribution in [0.2, 0.25) is 5.02 Å². The van der Waals surface area contributed by atoms with Gasteiger partial charge in [0.25, 0.3) is 5.91 Å². The van der Waals surface area contributed by atoms with Gasteiger partial charge in [0.1, 0.15) is 0 Å². The molecule has 0 saturated heterocycles. The molecule has 4 rings (SSSR count). The summed E-state index contributed by atoms with van der Waals surface area (Å²) < 4.78 is 0. The van der Waals surface area contributed by atoms with Crippen molar-refractivity contribution in [1.82, 2.24) is 4.98 Å². The van der Waals surface area contributed by atoms with Gasteiger partial charge in [-0.1, -0.05) is 66.2 Å². The molecule has 0 aliphatic carbocycles. The van der Waals surface area contributed by atoms with Gasteiger partial charge in [-0.15, -0.1) is 11.3 Å². The fraction of sp³-hybridized carbons (Fsp3) is 0. The minimum absolute atomic E-state index is 0.260. The predicted molar refractivity (Wildman–Crippen MR) is 104 cm³/mol. The molecule has 4 aromatic rings. The summed E-state index contributed by atoms with van der Waals surface area (Å²) in [6.07, 6.45) is 0. The highest BCUT2D eigenvalue weighted by Gasteiger charge is 2.13. The third-order valence-corrected chi connectivity index (χ3v) is 5.00. The highest BCUT2D eigenvalue weighted by molar-refractivity contribution is 7.14. The zero-order valence-electron chi connectivity index (χ0n) is 13.1. The van der Waals surface area contributed by atoms with Gasteiger partial charge in [-0.25, -0.2) is 4.98 Å². The minimum atomic E-state index is -0.260. The number of carbonyl (C=O) groups is 1. The van der Waals surface area contributed by atoms with Crippen LogP contribution in [0.15, 0.2) is 72.1 Å². The summed E-state index contributed by atoms with van der Waals surface area (Å²) in [5.74, 6) is -0.260. The molecule has 0 atom stereocenters. The van der Waals surface area contributed by atoms with Crippen LogP contribution >= 0.6 is 22.9 Å². The van der Waals surface area contributed by atoms with Crippen molar-refractivity contribution < 1.29 is 4.79 Å². The molecule has 3 nitrogen and oxygen atoms in total. The Labute approximate surface area is 153 Å². The van der Waals surface area contributed by atoms with Crippen molar-refractivity contribution in [2.24, 2.45) is 0 Å². The number of hydrogen-bond acceptors (Lipinski definition) is 3. The van der Waals surface area contributed by atoms with E-state index >= 15 is 0 Å². The lowest BCUT2D eigenvalue weighted by molar-refractivity contribution is 0.102. The lowest BCUT2D eigenvalue weighted by atomic mass is 10.0. The fourth-order valence-electron chi connectivity index (χ4n) is 2.71. The van der Waals surface area contributed by atoms with E-state index in [1.165, 1.54) is 11.3 Å². The number of anilines is 1. The number of nitrogens with zero attached hydrogens (tertiary/aromatic N) is 1. The van der Waals surface area contributed by atoms with E-state index in [1.54, 1.807) is 24.3 Å². The van der Waals surface area contributed by atoms with E-state index in [4.69, 9.17) is 11.6 Å². The largest absolute Gasteiger partial charge is 0.298 e. The van der Waals surface area contributed by atoms with Gasteiger partial charge in [0.2, 0.25) is 0 Å². The number of benzene rings is 3. The second-order valence-electron chi connectivity index (χ2n) is 5.50. The summed E-state index contributed by atoms with van der Waals surface area (Å²) in [7, 11) is 0. The van der Waals surface area contributed by atoms with E-state index in [0.717, 1.165) is 22.0 Å². The first-order valence-electron chi connectivity index (χ1n) is 7.72. The van der Waals surface area contributed by atoms with Gasteiger partial charge in [0.15, 0.2) is 5.13 Å².